The summed E-state index contributed by atoms with van der Waals surface area (Å²) in [6, 6.07) is 17.9. The fraction of sp³-hybridized carbons (Fsp3) is 0.391. The van der Waals surface area contributed by atoms with Gasteiger partial charge in [-0.2, -0.15) is 0 Å². The molecule has 150 valence electrons. The summed E-state index contributed by atoms with van der Waals surface area (Å²) >= 11 is 0. The first-order valence-electron chi connectivity index (χ1n) is 9.41. The van der Waals surface area contributed by atoms with Crippen molar-refractivity contribution in [3.05, 3.63) is 60.2 Å². The van der Waals surface area contributed by atoms with Crippen molar-refractivity contribution < 1.29 is 24.5 Å². The smallest absolute Gasteiger partial charge is 0.332 e. The highest BCUT2D eigenvalue weighted by Crippen LogP contribution is 2.24. The molecule has 5 nitrogen and oxygen atoms in total. The molecular formula is C23H28O5. The van der Waals surface area contributed by atoms with Crippen molar-refractivity contribution in [2.75, 3.05) is 0 Å². The number of carboxylic acid groups (broad SMARTS) is 1. The molecular weight excluding hydrogens is 356 g/mol. The Morgan fingerprint density at radius 3 is 2.07 bits per heavy atom. The number of hydrogen-bond donors (Lipinski definition) is 2. The first-order chi connectivity index (χ1) is 13.1. The van der Waals surface area contributed by atoms with E-state index in [0.717, 1.165) is 16.7 Å². The van der Waals surface area contributed by atoms with Gasteiger partial charge in [0.25, 0.3) is 0 Å². The predicted molar refractivity (Wildman–Crippen MR) is 108 cm³/mol. The van der Waals surface area contributed by atoms with E-state index in [-0.39, 0.29) is 18.8 Å². The first-order valence-corrected chi connectivity index (χ1v) is 9.41. The van der Waals surface area contributed by atoms with Crippen LogP contribution in [0.4, 0.5) is 0 Å². The number of esters is 1. The van der Waals surface area contributed by atoms with Crippen molar-refractivity contribution in [1.82, 2.24) is 0 Å². The third-order valence-corrected chi connectivity index (χ3v) is 4.30. The van der Waals surface area contributed by atoms with E-state index in [1.807, 2.05) is 54.6 Å². The summed E-state index contributed by atoms with van der Waals surface area (Å²) in [5.74, 6) is -2.01. The Bertz CT molecular complexity index is 775. The Morgan fingerprint density at radius 1 is 0.964 bits per heavy atom. The van der Waals surface area contributed by atoms with Crippen LogP contribution in [0.5, 0.6) is 0 Å². The van der Waals surface area contributed by atoms with Gasteiger partial charge in [0, 0.05) is 6.42 Å². The fourth-order valence-electron chi connectivity index (χ4n) is 3.07. The first kappa shape index (κ1) is 21.6. The van der Waals surface area contributed by atoms with Crippen molar-refractivity contribution in [3.8, 4) is 11.1 Å². The number of aliphatic hydroxyl groups excluding tert-OH is 1. The SMILES string of the molecule is CC(C)(C)OC(=O)C[C@H](Cc1ccc(-c2ccccc2)cc1)C[C@@H](O)C(=O)O. The van der Waals surface area contributed by atoms with Crippen LogP contribution in [0.3, 0.4) is 0 Å². The number of aliphatic carboxylic acids is 1. The van der Waals surface area contributed by atoms with Gasteiger partial charge in [-0.1, -0.05) is 54.6 Å². The molecule has 0 aliphatic heterocycles. The topological polar surface area (TPSA) is 83.8 Å². The molecule has 0 heterocycles. The lowest BCUT2D eigenvalue weighted by Crippen LogP contribution is -2.29. The lowest BCUT2D eigenvalue weighted by atomic mass is 9.90. The minimum absolute atomic E-state index is 0.00495. The van der Waals surface area contributed by atoms with Gasteiger partial charge in [0.05, 0.1) is 0 Å². The second kappa shape index (κ2) is 9.51. The normalized spacial score (nSPS) is 13.6. The molecule has 0 aliphatic carbocycles. The number of carboxylic acids is 1. The number of carbonyl (C=O) groups excluding carboxylic acids is 1. The second-order valence-corrected chi connectivity index (χ2v) is 8.01. The average molecular weight is 384 g/mol. The van der Waals surface area contributed by atoms with E-state index in [4.69, 9.17) is 9.84 Å². The monoisotopic (exact) mass is 384 g/mol. The maximum Gasteiger partial charge on any atom is 0.332 e. The molecule has 0 saturated carbocycles. The number of rotatable bonds is 8. The Kier molecular flexibility index (Phi) is 7.35. The van der Waals surface area contributed by atoms with Crippen molar-refractivity contribution in [2.24, 2.45) is 5.92 Å². The maximum absolute atomic E-state index is 12.2. The van der Waals surface area contributed by atoms with Crippen molar-refractivity contribution in [2.45, 2.75) is 51.7 Å². The van der Waals surface area contributed by atoms with Crippen LogP contribution in [0.15, 0.2) is 54.6 Å². The van der Waals surface area contributed by atoms with E-state index in [2.05, 4.69) is 0 Å². The Balaban J connectivity index is 2.10. The molecule has 0 radical (unpaired) electrons. The average Bonchev–Trinajstić information content (AvgIpc) is 2.61. The number of carbonyl (C=O) groups is 2. The molecule has 2 atom stereocenters. The summed E-state index contributed by atoms with van der Waals surface area (Å²) in [6.07, 6.45) is -0.966. The molecule has 5 heteroatoms. The Morgan fingerprint density at radius 2 is 1.54 bits per heavy atom. The molecule has 0 saturated heterocycles. The molecule has 0 spiro atoms. The highest BCUT2D eigenvalue weighted by molar-refractivity contribution is 5.73. The molecule has 2 N–H and O–H groups in total. The van der Waals surface area contributed by atoms with Crippen LogP contribution in [0, 0.1) is 5.92 Å². The van der Waals surface area contributed by atoms with Crippen LogP contribution < -0.4 is 0 Å². The van der Waals surface area contributed by atoms with Gasteiger partial charge in [0.1, 0.15) is 5.60 Å². The predicted octanol–water partition coefficient (Wildman–Crippen LogP) is 4.08. The van der Waals surface area contributed by atoms with Gasteiger partial charge >= 0.3 is 11.9 Å². The van der Waals surface area contributed by atoms with Gasteiger partial charge in [-0.25, -0.2) is 4.79 Å². The van der Waals surface area contributed by atoms with Gasteiger partial charge in [0.2, 0.25) is 0 Å². The number of ether oxygens (including phenoxy) is 1. The number of benzene rings is 2. The van der Waals surface area contributed by atoms with E-state index in [1.54, 1.807) is 20.8 Å². The van der Waals surface area contributed by atoms with Crippen molar-refractivity contribution in [1.29, 1.82) is 0 Å². The van der Waals surface area contributed by atoms with Crippen LogP contribution in [0.2, 0.25) is 0 Å². The van der Waals surface area contributed by atoms with Crippen LogP contribution in [-0.4, -0.2) is 33.9 Å². The summed E-state index contributed by atoms with van der Waals surface area (Å²) in [5, 5.41) is 18.8. The molecule has 0 aromatic heterocycles. The van der Waals surface area contributed by atoms with Gasteiger partial charge in [-0.15, -0.1) is 0 Å². The van der Waals surface area contributed by atoms with E-state index in [1.165, 1.54) is 0 Å². The zero-order valence-electron chi connectivity index (χ0n) is 16.6. The zero-order valence-corrected chi connectivity index (χ0v) is 16.6. The van der Waals surface area contributed by atoms with Crippen LogP contribution in [0.1, 0.15) is 39.2 Å². The van der Waals surface area contributed by atoms with Gasteiger partial charge in [-0.3, -0.25) is 4.79 Å². The number of aliphatic hydroxyl groups is 1. The second-order valence-electron chi connectivity index (χ2n) is 8.01. The Hall–Kier alpha value is -2.66. The Labute approximate surface area is 166 Å². The van der Waals surface area contributed by atoms with Gasteiger partial charge < -0.3 is 14.9 Å². The lowest BCUT2D eigenvalue weighted by Gasteiger charge is -2.23. The van der Waals surface area contributed by atoms with Crippen molar-refractivity contribution >= 4 is 11.9 Å². The lowest BCUT2D eigenvalue weighted by molar-refractivity contribution is -0.157. The molecule has 2 rings (SSSR count). The van der Waals surface area contributed by atoms with E-state index >= 15 is 0 Å². The van der Waals surface area contributed by atoms with Crippen LogP contribution >= 0.6 is 0 Å². The molecule has 28 heavy (non-hydrogen) atoms. The minimum atomic E-state index is -1.50. The fourth-order valence-corrected chi connectivity index (χ4v) is 3.07. The minimum Gasteiger partial charge on any atom is -0.479 e. The summed E-state index contributed by atoms with van der Waals surface area (Å²) in [4.78, 5) is 23.2. The standard InChI is InChI=1S/C23H28O5/c1-23(2,3)28-21(25)15-17(14-20(24)22(26)27)13-16-9-11-19(12-10-16)18-7-5-4-6-8-18/h4-12,17,20,24H,13-15H2,1-3H3,(H,26,27)/t17-,20-/m1/s1. The zero-order chi connectivity index (χ0) is 20.7. The van der Waals surface area contributed by atoms with Crippen molar-refractivity contribution in [3.63, 3.8) is 0 Å². The molecule has 0 aliphatic rings. The summed E-state index contributed by atoms with van der Waals surface area (Å²) in [7, 11) is 0. The van der Waals surface area contributed by atoms with E-state index in [9.17, 15) is 14.7 Å². The van der Waals surface area contributed by atoms with Crippen LogP contribution in [0.25, 0.3) is 11.1 Å². The van der Waals surface area contributed by atoms with Crippen LogP contribution in [-0.2, 0) is 20.7 Å². The molecule has 0 unspecified atom stereocenters. The maximum atomic E-state index is 12.2. The number of hydrogen-bond acceptors (Lipinski definition) is 4. The highest BCUT2D eigenvalue weighted by atomic mass is 16.6. The summed E-state index contributed by atoms with van der Waals surface area (Å²) in [5.41, 5.74) is 2.56. The summed E-state index contributed by atoms with van der Waals surface area (Å²) in [6.45, 7) is 5.36. The third kappa shape index (κ3) is 7.16. The molecule has 0 amide bonds. The molecule has 2 aromatic carbocycles. The van der Waals surface area contributed by atoms with Gasteiger partial charge in [0.15, 0.2) is 6.10 Å². The van der Waals surface area contributed by atoms with E-state index in [0.29, 0.717) is 6.42 Å². The molecule has 0 bridgehead atoms. The largest absolute Gasteiger partial charge is 0.479 e. The highest BCUT2D eigenvalue weighted by Gasteiger charge is 2.25. The molecule has 0 fully saturated rings. The van der Waals surface area contributed by atoms with Gasteiger partial charge in [-0.05, 0) is 56.2 Å². The third-order valence-electron chi connectivity index (χ3n) is 4.30. The molecule has 2 aromatic rings. The quantitative estimate of drug-likeness (QED) is 0.670. The van der Waals surface area contributed by atoms with E-state index < -0.39 is 23.6 Å². The summed E-state index contributed by atoms with van der Waals surface area (Å²) < 4.78 is 5.36.